The number of ether oxygens (including phenoxy) is 4. The Morgan fingerprint density at radius 1 is 1.06 bits per heavy atom. The number of unbranched alkanes of at least 4 members (excludes halogenated alkanes) is 1. The average molecular weight is 798 g/mol. The Morgan fingerprint density at radius 3 is 2.42 bits per heavy atom. The number of imidazole rings is 1. The molecule has 1 aromatic heterocycles. The van der Waals surface area contributed by atoms with Gasteiger partial charge in [0.05, 0.1) is 58.1 Å². The second-order valence-electron chi connectivity index (χ2n) is 12.7. The van der Waals surface area contributed by atoms with Crippen LogP contribution in [0.1, 0.15) is 76.0 Å². The summed E-state index contributed by atoms with van der Waals surface area (Å²) < 4.78 is 24.3. The molecule has 3 aliphatic heterocycles. The summed E-state index contributed by atoms with van der Waals surface area (Å²) in [6.45, 7) is 9.12. The summed E-state index contributed by atoms with van der Waals surface area (Å²) in [6, 6.07) is 0.00862. The number of fused-ring (bicyclic) bond motifs is 1. The molecule has 3 saturated heterocycles. The van der Waals surface area contributed by atoms with Crippen molar-refractivity contribution < 1.29 is 70.8 Å². The van der Waals surface area contributed by atoms with E-state index in [0.717, 1.165) is 31.4 Å². The van der Waals surface area contributed by atoms with Crippen molar-refractivity contribution in [3.63, 3.8) is 0 Å². The van der Waals surface area contributed by atoms with Crippen LogP contribution in [-0.4, -0.2) is 121 Å². The normalized spacial score (nSPS) is 24.5. The van der Waals surface area contributed by atoms with Gasteiger partial charge in [0.15, 0.2) is 0 Å². The van der Waals surface area contributed by atoms with Crippen LogP contribution in [0.25, 0.3) is 0 Å². The van der Waals surface area contributed by atoms with E-state index < -0.39 is 0 Å². The van der Waals surface area contributed by atoms with Crippen LogP contribution in [0, 0.1) is 12.3 Å². The third-order valence-electron chi connectivity index (χ3n) is 8.64. The minimum Gasteiger partial charge on any atom is -0.389 e. The van der Waals surface area contributed by atoms with Crippen LogP contribution in [0.5, 0.6) is 0 Å². The Balaban J connectivity index is 0.00000676. The zero-order chi connectivity index (χ0) is 35.0. The number of carbonyl (C=O) groups excluding carboxylic acids is 4. The Hall–Kier alpha value is -1.82. The van der Waals surface area contributed by atoms with E-state index in [9.17, 15) is 19.2 Å². The molecule has 3 fully saturated rings. The summed E-state index contributed by atoms with van der Waals surface area (Å²) in [5.41, 5.74) is 0.282. The molecule has 0 unspecified atom stereocenters. The van der Waals surface area contributed by atoms with Gasteiger partial charge in [-0.15, -0.1) is 5.92 Å². The maximum atomic E-state index is 12.6. The molecule has 0 saturated carbocycles. The van der Waals surface area contributed by atoms with Gasteiger partial charge >= 0.3 is 6.03 Å². The van der Waals surface area contributed by atoms with Gasteiger partial charge in [-0.05, 0) is 19.8 Å². The number of hydrogen-bond acceptors (Lipinski definition) is 10. The van der Waals surface area contributed by atoms with Crippen molar-refractivity contribution >= 4 is 35.5 Å². The van der Waals surface area contributed by atoms with Crippen LogP contribution in [0.2, 0.25) is 0 Å². The molecule has 50 heavy (non-hydrogen) atoms. The number of hydrogen-bond donors (Lipinski definition) is 5. The first kappa shape index (κ1) is 42.6. The number of thioether (sulfide) groups is 1. The molecule has 4 rings (SSSR count). The van der Waals surface area contributed by atoms with E-state index >= 15 is 0 Å². The van der Waals surface area contributed by atoms with Gasteiger partial charge < -0.3 is 50.1 Å². The molecule has 0 aliphatic carbocycles. The fourth-order valence-corrected chi connectivity index (χ4v) is 7.62. The predicted octanol–water partition coefficient (Wildman–Crippen LogP) is 1.54. The first-order valence-corrected chi connectivity index (χ1v) is 18.6. The molecule has 279 valence electrons. The zero-order valence-corrected chi connectivity index (χ0v) is 33.2. The van der Waals surface area contributed by atoms with Crippen LogP contribution < -0.4 is 26.6 Å². The second kappa shape index (κ2) is 23.0. The molecule has 5 amide bonds. The number of carbonyl (C=O) groups is 4. The van der Waals surface area contributed by atoms with E-state index in [1.54, 1.807) is 19.4 Å². The van der Waals surface area contributed by atoms with Crippen LogP contribution in [0.15, 0.2) is 12.5 Å². The van der Waals surface area contributed by atoms with Crippen LogP contribution >= 0.6 is 11.8 Å². The number of urea groups is 1. The summed E-state index contributed by atoms with van der Waals surface area (Å²) >= 11 is 1.89. The second-order valence-corrected chi connectivity index (χ2v) is 14.0. The quantitative estimate of drug-likeness (QED) is 0.0619. The van der Waals surface area contributed by atoms with Gasteiger partial charge in [-0.2, -0.15) is 11.8 Å². The van der Waals surface area contributed by atoms with Crippen molar-refractivity contribution in [2.75, 3.05) is 58.5 Å². The van der Waals surface area contributed by atoms with Crippen molar-refractivity contribution in [3.8, 4) is 0 Å². The van der Waals surface area contributed by atoms with E-state index in [0.29, 0.717) is 64.4 Å². The van der Waals surface area contributed by atoms with Crippen LogP contribution in [-0.2, 0) is 61.2 Å². The SMILES string of the molecule is CC[C@@H]1[CH-][C@H](C)[C@H](n2cnc(C(=O)N[C@H](C)CC(=O)NCCOCCOCCOCCNC(=O)CCCC[C@@H]3SC[C@H]4NC(=O)N[C@@H]34)c2)O1.[Y]. The topological polar surface area (TPSA) is 183 Å². The minimum atomic E-state index is -0.368. The van der Waals surface area contributed by atoms with Gasteiger partial charge in [0.1, 0.15) is 11.9 Å². The average Bonchev–Trinajstić information content (AvgIpc) is 3.86. The van der Waals surface area contributed by atoms with Gasteiger partial charge in [0.2, 0.25) is 11.8 Å². The maximum Gasteiger partial charge on any atom is 0.315 e. The molecule has 5 N–H and O–H groups in total. The zero-order valence-electron chi connectivity index (χ0n) is 29.5. The molecular formula is C33H54N7O8SY-. The molecule has 0 aromatic carbocycles. The fourth-order valence-electron chi connectivity index (χ4n) is 6.08. The van der Waals surface area contributed by atoms with Crippen molar-refractivity contribution in [3.05, 3.63) is 24.6 Å². The molecule has 3 aliphatic rings. The fraction of sp³-hybridized carbons (Fsp3) is 0.758. The summed E-state index contributed by atoms with van der Waals surface area (Å²) in [4.78, 5) is 52.7. The Kier molecular flexibility index (Phi) is 19.6. The molecule has 1 aromatic rings. The summed E-state index contributed by atoms with van der Waals surface area (Å²) in [6.07, 6.45) is 9.68. The van der Waals surface area contributed by atoms with E-state index in [1.165, 1.54) is 0 Å². The van der Waals surface area contributed by atoms with Crippen LogP contribution in [0.3, 0.4) is 0 Å². The standard InChI is InChI=1S/C33H54N7O8S.Y/c1-4-24-17-22(2)32(48-24)40-19-25(36-21-40)31(43)37-23(3)18-29(42)35-10-12-46-14-16-47-15-13-45-11-9-34-28(41)8-6-5-7-27-30-26(20-49-27)38-33(44)39-30;/h17,19,21-24,26-27,30,32H,4-16,18,20H2,1-3H3,(H,34,41)(H,35,42)(H,37,43)(H2,38,39,44);/q-1;/t22-,23+,24+,26+,27-,30+,32+;/m0./s1. The largest absolute Gasteiger partial charge is 0.389 e. The number of rotatable bonds is 23. The number of amides is 5. The minimum absolute atomic E-state index is 0. The van der Waals surface area contributed by atoms with Crippen molar-refractivity contribution in [1.29, 1.82) is 0 Å². The molecule has 0 bridgehead atoms. The number of nitrogens with zero attached hydrogens (tertiary/aromatic N) is 2. The number of nitrogens with one attached hydrogen (secondary N) is 5. The smallest absolute Gasteiger partial charge is 0.315 e. The van der Waals surface area contributed by atoms with Gasteiger partial charge in [-0.25, -0.2) is 9.78 Å². The molecule has 7 atom stereocenters. The molecule has 15 nitrogen and oxygen atoms in total. The molecule has 1 radical (unpaired) electrons. The predicted molar refractivity (Wildman–Crippen MR) is 184 cm³/mol. The maximum absolute atomic E-state index is 12.6. The van der Waals surface area contributed by atoms with Gasteiger partial charge in [-0.1, -0.05) is 32.8 Å². The first-order valence-electron chi connectivity index (χ1n) is 17.5. The Bertz CT molecular complexity index is 1210. The third-order valence-corrected chi connectivity index (χ3v) is 10.2. The van der Waals surface area contributed by atoms with E-state index in [2.05, 4.69) is 51.8 Å². The van der Waals surface area contributed by atoms with Crippen molar-refractivity contribution in [2.45, 2.75) is 95.0 Å². The van der Waals surface area contributed by atoms with Gasteiger partial charge in [-0.3, -0.25) is 20.8 Å². The Morgan fingerprint density at radius 2 is 1.74 bits per heavy atom. The van der Waals surface area contributed by atoms with E-state index in [-0.39, 0.29) is 105 Å². The summed E-state index contributed by atoms with van der Waals surface area (Å²) in [5, 5.41) is 14.9. The van der Waals surface area contributed by atoms with E-state index in [4.69, 9.17) is 18.9 Å². The van der Waals surface area contributed by atoms with Crippen molar-refractivity contribution in [1.82, 2.24) is 36.1 Å². The van der Waals surface area contributed by atoms with Crippen molar-refractivity contribution in [2.24, 2.45) is 5.92 Å². The molecular weight excluding hydrogens is 743 g/mol. The monoisotopic (exact) mass is 797 g/mol. The molecule has 4 heterocycles. The summed E-state index contributed by atoms with van der Waals surface area (Å²) in [5.74, 6) is 0.668. The van der Waals surface area contributed by atoms with Crippen LogP contribution in [0.4, 0.5) is 4.79 Å². The summed E-state index contributed by atoms with van der Waals surface area (Å²) in [7, 11) is 0. The number of aromatic nitrogens is 2. The van der Waals surface area contributed by atoms with E-state index in [1.807, 2.05) is 16.3 Å². The third kappa shape index (κ3) is 14.3. The Labute approximate surface area is 324 Å². The van der Waals surface area contributed by atoms with Gasteiger partial charge in [0.25, 0.3) is 5.91 Å². The molecule has 0 spiro atoms. The first-order chi connectivity index (χ1) is 23.7. The molecule has 17 heteroatoms. The van der Waals surface area contributed by atoms with Gasteiger partial charge in [0, 0.05) is 81.9 Å².